The Morgan fingerprint density at radius 1 is 1.29 bits per heavy atom. The van der Waals surface area contributed by atoms with Crippen molar-refractivity contribution in [2.45, 2.75) is 43.0 Å². The van der Waals surface area contributed by atoms with Gasteiger partial charge in [-0.2, -0.15) is 0 Å². The summed E-state index contributed by atoms with van der Waals surface area (Å²) in [5, 5.41) is 3.27. The van der Waals surface area contributed by atoms with E-state index < -0.39 is 9.84 Å². The van der Waals surface area contributed by atoms with Gasteiger partial charge in [0.25, 0.3) is 0 Å². The van der Waals surface area contributed by atoms with E-state index in [1.54, 1.807) is 18.3 Å². The van der Waals surface area contributed by atoms with Crippen LogP contribution in [-0.2, 0) is 9.84 Å². The molecule has 0 saturated heterocycles. The molecule has 4 nitrogen and oxygen atoms in total. The van der Waals surface area contributed by atoms with Gasteiger partial charge in [0.05, 0.1) is 0 Å². The Kier molecular flexibility index (Phi) is 3.66. The first kappa shape index (κ1) is 12.4. The standard InChI is InChI=1S/C12H18N2O2S/c1-17(15,16)11-8-5-9-13-12(11)14-10-6-3-2-4-7-10/h5,8-10H,2-4,6-7H2,1H3,(H,13,14). The van der Waals surface area contributed by atoms with Crippen LogP contribution in [0.3, 0.4) is 0 Å². The smallest absolute Gasteiger partial charge is 0.179 e. The third kappa shape index (κ3) is 3.19. The van der Waals surface area contributed by atoms with Crippen LogP contribution in [0.4, 0.5) is 5.82 Å². The van der Waals surface area contributed by atoms with Crippen molar-refractivity contribution in [1.29, 1.82) is 0 Å². The maximum atomic E-state index is 11.6. The van der Waals surface area contributed by atoms with Crippen molar-refractivity contribution in [3.8, 4) is 0 Å². The molecule has 1 aromatic heterocycles. The van der Waals surface area contributed by atoms with E-state index in [0.717, 1.165) is 12.8 Å². The number of nitrogens with one attached hydrogen (secondary N) is 1. The molecule has 0 radical (unpaired) electrons. The molecule has 94 valence electrons. The van der Waals surface area contributed by atoms with Gasteiger partial charge in [0, 0.05) is 18.5 Å². The first-order chi connectivity index (χ1) is 8.07. The van der Waals surface area contributed by atoms with Gasteiger partial charge in [0.15, 0.2) is 9.84 Å². The second-order valence-electron chi connectivity index (χ2n) is 4.60. The normalized spacial score (nSPS) is 17.9. The minimum Gasteiger partial charge on any atom is -0.366 e. The van der Waals surface area contributed by atoms with Crippen LogP contribution in [0.25, 0.3) is 0 Å². The maximum Gasteiger partial charge on any atom is 0.179 e. The van der Waals surface area contributed by atoms with E-state index in [1.165, 1.54) is 25.5 Å². The topological polar surface area (TPSA) is 59.1 Å². The molecule has 2 rings (SSSR count). The molecular formula is C12H18N2O2S. The largest absolute Gasteiger partial charge is 0.366 e. The number of anilines is 1. The van der Waals surface area contributed by atoms with Gasteiger partial charge in [-0.3, -0.25) is 0 Å². The zero-order valence-corrected chi connectivity index (χ0v) is 10.8. The highest BCUT2D eigenvalue weighted by Gasteiger charge is 2.18. The van der Waals surface area contributed by atoms with E-state index in [0.29, 0.717) is 16.8 Å². The van der Waals surface area contributed by atoms with E-state index in [9.17, 15) is 8.42 Å². The molecule has 1 heterocycles. The zero-order valence-electron chi connectivity index (χ0n) is 10.0. The summed E-state index contributed by atoms with van der Waals surface area (Å²) in [7, 11) is -3.21. The molecular weight excluding hydrogens is 236 g/mol. The number of sulfone groups is 1. The summed E-state index contributed by atoms with van der Waals surface area (Å²) in [5.41, 5.74) is 0. The highest BCUT2D eigenvalue weighted by atomic mass is 32.2. The molecule has 0 amide bonds. The first-order valence-electron chi connectivity index (χ1n) is 5.99. The molecule has 0 atom stereocenters. The van der Waals surface area contributed by atoms with Crippen LogP contribution in [0.5, 0.6) is 0 Å². The third-order valence-corrected chi connectivity index (χ3v) is 4.24. The van der Waals surface area contributed by atoms with Crippen LogP contribution >= 0.6 is 0 Å². The van der Waals surface area contributed by atoms with Crippen LogP contribution in [0.1, 0.15) is 32.1 Å². The number of nitrogens with zero attached hydrogens (tertiary/aromatic N) is 1. The molecule has 1 saturated carbocycles. The molecule has 1 N–H and O–H groups in total. The number of hydrogen-bond donors (Lipinski definition) is 1. The van der Waals surface area contributed by atoms with Crippen LogP contribution in [0.2, 0.25) is 0 Å². The molecule has 0 unspecified atom stereocenters. The Hall–Kier alpha value is -1.10. The van der Waals surface area contributed by atoms with Gasteiger partial charge in [0.1, 0.15) is 10.7 Å². The highest BCUT2D eigenvalue weighted by molar-refractivity contribution is 7.90. The van der Waals surface area contributed by atoms with Gasteiger partial charge in [-0.15, -0.1) is 0 Å². The summed E-state index contributed by atoms with van der Waals surface area (Å²) in [5.74, 6) is 0.502. The number of aromatic nitrogens is 1. The fourth-order valence-electron chi connectivity index (χ4n) is 2.24. The Morgan fingerprint density at radius 3 is 2.65 bits per heavy atom. The SMILES string of the molecule is CS(=O)(=O)c1cccnc1NC1CCCCC1. The molecule has 0 aromatic carbocycles. The lowest BCUT2D eigenvalue weighted by atomic mass is 9.95. The van der Waals surface area contributed by atoms with Gasteiger partial charge in [-0.25, -0.2) is 13.4 Å². The minimum atomic E-state index is -3.21. The van der Waals surface area contributed by atoms with Crippen molar-refractivity contribution in [2.75, 3.05) is 11.6 Å². The molecule has 1 aromatic rings. The number of hydrogen-bond acceptors (Lipinski definition) is 4. The summed E-state index contributed by atoms with van der Waals surface area (Å²) in [4.78, 5) is 4.45. The average molecular weight is 254 g/mol. The van der Waals surface area contributed by atoms with Crippen LogP contribution < -0.4 is 5.32 Å². The summed E-state index contributed by atoms with van der Waals surface area (Å²) in [6.45, 7) is 0. The summed E-state index contributed by atoms with van der Waals surface area (Å²) < 4.78 is 23.2. The molecule has 0 aliphatic heterocycles. The first-order valence-corrected chi connectivity index (χ1v) is 7.88. The molecule has 17 heavy (non-hydrogen) atoms. The van der Waals surface area contributed by atoms with Crippen molar-refractivity contribution in [3.05, 3.63) is 18.3 Å². The Bertz CT molecular complexity index is 479. The summed E-state index contributed by atoms with van der Waals surface area (Å²) >= 11 is 0. The van der Waals surface area contributed by atoms with Gasteiger partial charge in [-0.1, -0.05) is 19.3 Å². The lowest BCUT2D eigenvalue weighted by Crippen LogP contribution is -2.24. The summed E-state index contributed by atoms with van der Waals surface area (Å²) in [6, 6.07) is 3.62. The van der Waals surface area contributed by atoms with Crippen LogP contribution in [0, 0.1) is 0 Å². The molecule has 5 heteroatoms. The maximum absolute atomic E-state index is 11.6. The second kappa shape index (κ2) is 5.04. The number of rotatable bonds is 3. The van der Waals surface area contributed by atoms with E-state index in [4.69, 9.17) is 0 Å². The van der Waals surface area contributed by atoms with Gasteiger partial charge in [0.2, 0.25) is 0 Å². The molecule has 1 aliphatic rings. The van der Waals surface area contributed by atoms with Crippen molar-refractivity contribution < 1.29 is 8.42 Å². The Morgan fingerprint density at radius 2 is 2.00 bits per heavy atom. The van der Waals surface area contributed by atoms with Gasteiger partial charge < -0.3 is 5.32 Å². The fraction of sp³-hybridized carbons (Fsp3) is 0.583. The minimum absolute atomic E-state index is 0.297. The average Bonchev–Trinajstić information content (AvgIpc) is 2.30. The van der Waals surface area contributed by atoms with E-state index >= 15 is 0 Å². The van der Waals surface area contributed by atoms with Crippen LogP contribution in [0.15, 0.2) is 23.2 Å². The van der Waals surface area contributed by atoms with Crippen molar-refractivity contribution in [2.24, 2.45) is 0 Å². The fourth-order valence-corrected chi connectivity index (χ4v) is 3.03. The highest BCUT2D eigenvalue weighted by Crippen LogP contribution is 2.24. The molecule has 0 bridgehead atoms. The van der Waals surface area contributed by atoms with E-state index in [2.05, 4.69) is 10.3 Å². The molecule has 0 spiro atoms. The van der Waals surface area contributed by atoms with Crippen molar-refractivity contribution in [1.82, 2.24) is 4.98 Å². The molecule has 1 aliphatic carbocycles. The Labute approximate surface area is 102 Å². The second-order valence-corrected chi connectivity index (χ2v) is 6.59. The lowest BCUT2D eigenvalue weighted by molar-refractivity contribution is 0.461. The van der Waals surface area contributed by atoms with Crippen molar-refractivity contribution in [3.63, 3.8) is 0 Å². The third-order valence-electron chi connectivity index (χ3n) is 3.12. The van der Waals surface area contributed by atoms with Gasteiger partial charge >= 0.3 is 0 Å². The van der Waals surface area contributed by atoms with Crippen LogP contribution in [-0.4, -0.2) is 25.7 Å². The van der Waals surface area contributed by atoms with E-state index in [1.807, 2.05) is 0 Å². The van der Waals surface area contributed by atoms with Gasteiger partial charge in [-0.05, 0) is 25.0 Å². The van der Waals surface area contributed by atoms with Crippen molar-refractivity contribution >= 4 is 15.7 Å². The Balaban J connectivity index is 2.20. The zero-order chi connectivity index (χ0) is 12.3. The predicted octanol–water partition coefficient (Wildman–Crippen LogP) is 2.23. The monoisotopic (exact) mass is 254 g/mol. The predicted molar refractivity (Wildman–Crippen MR) is 67.8 cm³/mol. The summed E-state index contributed by atoms with van der Waals surface area (Å²) in [6.07, 6.45) is 8.73. The number of pyridine rings is 1. The quantitative estimate of drug-likeness (QED) is 0.898. The molecule has 1 fully saturated rings. The lowest BCUT2D eigenvalue weighted by Gasteiger charge is -2.24. The van der Waals surface area contributed by atoms with E-state index in [-0.39, 0.29) is 0 Å².